The zero-order valence-corrected chi connectivity index (χ0v) is 18.2. The lowest BCUT2D eigenvalue weighted by atomic mass is 10.1. The number of guanidine groups is 1. The summed E-state index contributed by atoms with van der Waals surface area (Å²) in [5, 5.41) is 16.8. The van der Waals surface area contributed by atoms with Crippen LogP contribution in [-0.4, -0.2) is 29.1 Å². The van der Waals surface area contributed by atoms with Crippen LogP contribution in [0, 0.1) is 0 Å². The molecule has 0 spiro atoms. The first-order valence-corrected chi connectivity index (χ1v) is 8.78. The van der Waals surface area contributed by atoms with Crippen LogP contribution in [0.15, 0.2) is 58.3 Å². The molecule has 1 heterocycles. The molecular weight excluding hydrogens is 495 g/mol. The molecule has 0 bridgehead atoms. The fourth-order valence-electron chi connectivity index (χ4n) is 2.30. The van der Waals surface area contributed by atoms with Crippen LogP contribution >= 0.6 is 39.9 Å². The molecule has 136 valence electrons. The van der Waals surface area contributed by atoms with Crippen molar-refractivity contribution in [2.75, 3.05) is 13.1 Å². The lowest BCUT2D eigenvalue weighted by Gasteiger charge is -2.19. The summed E-state index contributed by atoms with van der Waals surface area (Å²) in [6.07, 6.45) is 2.68. The molecule has 2 rings (SSSR count). The Hall–Kier alpha value is -1.19. The van der Waals surface area contributed by atoms with Crippen LogP contribution < -0.4 is 10.6 Å². The van der Waals surface area contributed by atoms with E-state index in [1.165, 1.54) is 0 Å². The number of aromatic nitrogens is 1. The average molecular weight is 519 g/mol. The molecule has 5 nitrogen and oxygen atoms in total. The zero-order chi connectivity index (χ0) is 17.4. The van der Waals surface area contributed by atoms with E-state index in [0.717, 1.165) is 22.1 Å². The Bertz CT molecular complexity index is 669. The molecule has 2 aromatic rings. The van der Waals surface area contributed by atoms with Gasteiger partial charge in [0.15, 0.2) is 5.96 Å². The lowest BCUT2D eigenvalue weighted by Crippen LogP contribution is -2.39. The number of benzene rings is 1. The minimum atomic E-state index is -0.651. The van der Waals surface area contributed by atoms with Crippen LogP contribution in [-0.2, 0) is 0 Å². The lowest BCUT2D eigenvalue weighted by molar-refractivity contribution is 0.187. The fraction of sp³-hybridized carbons (Fsp3) is 0.333. The van der Waals surface area contributed by atoms with Crippen LogP contribution in [0.5, 0.6) is 0 Å². The predicted molar refractivity (Wildman–Crippen MR) is 116 cm³/mol. The van der Waals surface area contributed by atoms with Gasteiger partial charge in [0.25, 0.3) is 0 Å². The second-order valence-electron chi connectivity index (χ2n) is 5.40. The van der Waals surface area contributed by atoms with E-state index < -0.39 is 6.10 Å². The van der Waals surface area contributed by atoms with E-state index >= 15 is 0 Å². The van der Waals surface area contributed by atoms with Crippen molar-refractivity contribution in [1.29, 1.82) is 0 Å². The van der Waals surface area contributed by atoms with E-state index in [-0.39, 0.29) is 36.6 Å². The summed E-state index contributed by atoms with van der Waals surface area (Å²) >= 11 is 3.57. The van der Waals surface area contributed by atoms with Gasteiger partial charge in [-0.05, 0) is 43.2 Å². The minimum Gasteiger partial charge on any atom is -0.386 e. The maximum Gasteiger partial charge on any atom is 0.191 e. The van der Waals surface area contributed by atoms with Gasteiger partial charge in [-0.15, -0.1) is 24.0 Å². The molecule has 2 atom stereocenters. The van der Waals surface area contributed by atoms with E-state index in [0.29, 0.717) is 5.96 Å². The molecule has 0 aliphatic heterocycles. The van der Waals surface area contributed by atoms with Gasteiger partial charge >= 0.3 is 0 Å². The van der Waals surface area contributed by atoms with Gasteiger partial charge in [0.2, 0.25) is 0 Å². The molecule has 0 radical (unpaired) electrons. The Labute approximate surface area is 174 Å². The monoisotopic (exact) mass is 518 g/mol. The van der Waals surface area contributed by atoms with Crippen molar-refractivity contribution in [3.05, 3.63) is 64.4 Å². The van der Waals surface area contributed by atoms with Crippen molar-refractivity contribution < 1.29 is 5.11 Å². The second-order valence-corrected chi connectivity index (χ2v) is 6.26. The third kappa shape index (κ3) is 6.91. The maximum absolute atomic E-state index is 10.2. The highest BCUT2D eigenvalue weighted by atomic mass is 127. The maximum atomic E-state index is 10.2. The van der Waals surface area contributed by atoms with Crippen molar-refractivity contribution in [1.82, 2.24) is 15.6 Å². The first-order chi connectivity index (χ1) is 11.6. The Morgan fingerprint density at radius 1 is 1.24 bits per heavy atom. The average Bonchev–Trinajstić information content (AvgIpc) is 2.60. The van der Waals surface area contributed by atoms with Crippen LogP contribution in [0.4, 0.5) is 0 Å². The SMILES string of the molecule is CCNC(=NCC(O)c1ccncc1)NC(C)c1ccccc1Br.I. The first kappa shape index (κ1) is 21.9. The summed E-state index contributed by atoms with van der Waals surface area (Å²) in [4.78, 5) is 8.45. The highest BCUT2D eigenvalue weighted by molar-refractivity contribution is 14.0. The van der Waals surface area contributed by atoms with Gasteiger partial charge < -0.3 is 15.7 Å². The number of hydrogen-bond acceptors (Lipinski definition) is 3. The molecule has 0 aliphatic carbocycles. The summed E-state index contributed by atoms with van der Waals surface area (Å²) in [5.41, 5.74) is 1.96. The van der Waals surface area contributed by atoms with Crippen molar-refractivity contribution >= 4 is 45.9 Å². The Morgan fingerprint density at radius 3 is 2.56 bits per heavy atom. The molecule has 7 heteroatoms. The van der Waals surface area contributed by atoms with E-state index in [1.54, 1.807) is 24.5 Å². The number of aliphatic hydroxyl groups is 1. The molecule has 0 fully saturated rings. The summed E-state index contributed by atoms with van der Waals surface area (Å²) in [7, 11) is 0. The molecule has 0 saturated heterocycles. The topological polar surface area (TPSA) is 69.5 Å². The largest absolute Gasteiger partial charge is 0.386 e. The van der Waals surface area contributed by atoms with Crippen molar-refractivity contribution in [2.45, 2.75) is 26.0 Å². The van der Waals surface area contributed by atoms with Crippen molar-refractivity contribution in [2.24, 2.45) is 4.99 Å². The molecule has 1 aromatic carbocycles. The third-order valence-electron chi connectivity index (χ3n) is 3.58. The third-order valence-corrected chi connectivity index (χ3v) is 4.30. The number of nitrogens with one attached hydrogen (secondary N) is 2. The molecule has 0 saturated carbocycles. The van der Waals surface area contributed by atoms with E-state index in [2.05, 4.69) is 49.5 Å². The number of pyridine rings is 1. The van der Waals surface area contributed by atoms with Gasteiger partial charge in [-0.1, -0.05) is 34.1 Å². The summed E-state index contributed by atoms with van der Waals surface area (Å²) in [6.45, 7) is 5.12. The minimum absolute atomic E-state index is 0. The second kappa shape index (κ2) is 11.4. The standard InChI is InChI=1S/C18H23BrN4O.HI/c1-3-21-18(22-12-17(24)14-8-10-20-11-9-14)23-13(2)15-6-4-5-7-16(15)19;/h4-11,13,17,24H,3,12H2,1-2H3,(H2,21,22,23);1H. The molecule has 3 N–H and O–H groups in total. The van der Waals surface area contributed by atoms with Gasteiger partial charge in [0, 0.05) is 23.4 Å². The number of halogens is 2. The highest BCUT2D eigenvalue weighted by Crippen LogP contribution is 2.22. The van der Waals surface area contributed by atoms with Gasteiger partial charge in [-0.25, -0.2) is 0 Å². The highest BCUT2D eigenvalue weighted by Gasteiger charge is 2.12. The van der Waals surface area contributed by atoms with E-state index in [1.807, 2.05) is 25.1 Å². The summed E-state index contributed by atoms with van der Waals surface area (Å²) in [5.74, 6) is 0.675. The smallest absolute Gasteiger partial charge is 0.191 e. The number of nitrogens with zero attached hydrogens (tertiary/aromatic N) is 2. The zero-order valence-electron chi connectivity index (χ0n) is 14.3. The quantitative estimate of drug-likeness (QED) is 0.309. The summed E-state index contributed by atoms with van der Waals surface area (Å²) in [6, 6.07) is 11.8. The van der Waals surface area contributed by atoms with E-state index in [4.69, 9.17) is 0 Å². The van der Waals surface area contributed by atoms with Crippen LogP contribution in [0.2, 0.25) is 0 Å². The van der Waals surface area contributed by atoms with Gasteiger partial charge in [0.1, 0.15) is 0 Å². The van der Waals surface area contributed by atoms with Crippen LogP contribution in [0.1, 0.15) is 37.1 Å². The van der Waals surface area contributed by atoms with Crippen LogP contribution in [0.25, 0.3) is 0 Å². The molecular formula is C18H24BrIN4O. The number of hydrogen-bond donors (Lipinski definition) is 3. The molecule has 0 aliphatic rings. The first-order valence-electron chi connectivity index (χ1n) is 7.99. The van der Waals surface area contributed by atoms with Crippen molar-refractivity contribution in [3.8, 4) is 0 Å². The fourth-order valence-corrected chi connectivity index (χ4v) is 2.93. The predicted octanol–water partition coefficient (Wildman–Crippen LogP) is 3.81. The van der Waals surface area contributed by atoms with Gasteiger partial charge in [-0.3, -0.25) is 9.98 Å². The van der Waals surface area contributed by atoms with Gasteiger partial charge in [-0.2, -0.15) is 0 Å². The number of aliphatic imine (C=N–C) groups is 1. The molecule has 1 aromatic heterocycles. The molecule has 25 heavy (non-hydrogen) atoms. The molecule has 2 unspecified atom stereocenters. The normalized spacial score (nSPS) is 13.5. The van der Waals surface area contributed by atoms with Gasteiger partial charge in [0.05, 0.1) is 18.7 Å². The van der Waals surface area contributed by atoms with Crippen molar-refractivity contribution in [3.63, 3.8) is 0 Å². The Kier molecular flexibility index (Phi) is 9.99. The molecule has 0 amide bonds. The van der Waals surface area contributed by atoms with Crippen LogP contribution in [0.3, 0.4) is 0 Å². The Morgan fingerprint density at radius 2 is 1.92 bits per heavy atom. The van der Waals surface area contributed by atoms with E-state index in [9.17, 15) is 5.11 Å². The number of aliphatic hydroxyl groups excluding tert-OH is 1. The summed E-state index contributed by atoms with van der Waals surface area (Å²) < 4.78 is 1.05. The number of rotatable bonds is 6. The Balaban J connectivity index is 0.00000312.